The molecule has 0 aliphatic heterocycles. The molecule has 31 heavy (non-hydrogen) atoms. The first-order chi connectivity index (χ1) is 15.1. The molecule has 5 nitrogen and oxygen atoms in total. The van der Waals surface area contributed by atoms with Gasteiger partial charge in [-0.1, -0.05) is 91.0 Å². The summed E-state index contributed by atoms with van der Waals surface area (Å²) >= 11 is 0. The van der Waals surface area contributed by atoms with Crippen molar-refractivity contribution >= 4 is 0 Å². The Hall–Kier alpha value is -2.54. The SMILES string of the molecule is C[C@H](O)C(COC(c1ccccc1)(c1ccccc1)c1ccccc1)OC(O)CCO. The van der Waals surface area contributed by atoms with Crippen LogP contribution in [0, 0.1) is 0 Å². The molecule has 0 aromatic heterocycles. The Kier molecular flexibility index (Phi) is 8.35. The minimum atomic E-state index is -1.19. The lowest BCUT2D eigenvalue weighted by atomic mass is 9.80. The van der Waals surface area contributed by atoms with E-state index in [4.69, 9.17) is 14.6 Å². The van der Waals surface area contributed by atoms with E-state index in [1.165, 1.54) is 0 Å². The first kappa shape index (κ1) is 23.1. The number of hydrogen-bond donors (Lipinski definition) is 3. The van der Waals surface area contributed by atoms with Crippen LogP contribution in [0.1, 0.15) is 30.0 Å². The van der Waals surface area contributed by atoms with Crippen molar-refractivity contribution in [1.82, 2.24) is 0 Å². The lowest BCUT2D eigenvalue weighted by Crippen LogP contribution is -2.41. The van der Waals surface area contributed by atoms with Gasteiger partial charge in [0.15, 0.2) is 6.29 Å². The molecule has 3 aromatic carbocycles. The molecule has 5 heteroatoms. The molecule has 2 unspecified atom stereocenters. The first-order valence-corrected chi connectivity index (χ1v) is 10.5. The van der Waals surface area contributed by atoms with Crippen molar-refractivity contribution in [2.24, 2.45) is 0 Å². The maximum absolute atomic E-state index is 10.3. The Morgan fingerprint density at radius 1 is 0.742 bits per heavy atom. The predicted molar refractivity (Wildman–Crippen MR) is 119 cm³/mol. The van der Waals surface area contributed by atoms with Gasteiger partial charge in [0.2, 0.25) is 0 Å². The summed E-state index contributed by atoms with van der Waals surface area (Å²) in [5.41, 5.74) is 1.87. The van der Waals surface area contributed by atoms with Gasteiger partial charge in [0, 0.05) is 13.0 Å². The van der Waals surface area contributed by atoms with E-state index in [1.807, 2.05) is 91.0 Å². The smallest absolute Gasteiger partial charge is 0.157 e. The van der Waals surface area contributed by atoms with E-state index in [-0.39, 0.29) is 19.6 Å². The molecule has 0 heterocycles. The summed E-state index contributed by atoms with van der Waals surface area (Å²) in [6, 6.07) is 29.7. The van der Waals surface area contributed by atoms with Crippen molar-refractivity contribution in [2.75, 3.05) is 13.2 Å². The number of aliphatic hydroxyl groups excluding tert-OH is 3. The zero-order chi connectivity index (χ0) is 22.1. The van der Waals surface area contributed by atoms with Crippen LogP contribution in [-0.2, 0) is 15.1 Å². The van der Waals surface area contributed by atoms with Crippen molar-refractivity contribution in [1.29, 1.82) is 0 Å². The van der Waals surface area contributed by atoms with Crippen molar-refractivity contribution in [3.05, 3.63) is 108 Å². The van der Waals surface area contributed by atoms with Crippen LogP contribution >= 0.6 is 0 Å². The fourth-order valence-corrected chi connectivity index (χ4v) is 3.65. The van der Waals surface area contributed by atoms with E-state index in [9.17, 15) is 10.2 Å². The number of aliphatic hydroxyl groups is 3. The van der Waals surface area contributed by atoms with E-state index < -0.39 is 24.1 Å². The minimum absolute atomic E-state index is 0.0266. The Labute approximate surface area is 183 Å². The highest BCUT2D eigenvalue weighted by atomic mass is 16.6. The van der Waals surface area contributed by atoms with Gasteiger partial charge >= 0.3 is 0 Å². The lowest BCUT2D eigenvalue weighted by Gasteiger charge is -2.37. The normalized spacial score (nSPS) is 14.7. The van der Waals surface area contributed by atoms with Crippen molar-refractivity contribution in [3.63, 3.8) is 0 Å². The third-order valence-corrected chi connectivity index (χ3v) is 5.25. The van der Waals surface area contributed by atoms with E-state index >= 15 is 0 Å². The summed E-state index contributed by atoms with van der Waals surface area (Å²) in [7, 11) is 0. The third-order valence-electron chi connectivity index (χ3n) is 5.25. The number of ether oxygens (including phenoxy) is 2. The largest absolute Gasteiger partial charge is 0.396 e. The number of hydrogen-bond acceptors (Lipinski definition) is 5. The summed E-state index contributed by atoms with van der Waals surface area (Å²) in [6.07, 6.45) is -2.79. The summed E-state index contributed by atoms with van der Waals surface area (Å²) < 4.78 is 12.2. The molecule has 3 aromatic rings. The third kappa shape index (κ3) is 5.58. The molecule has 3 atom stereocenters. The van der Waals surface area contributed by atoms with E-state index in [0.29, 0.717) is 0 Å². The predicted octanol–water partition coefficient (Wildman–Crippen LogP) is 3.46. The maximum Gasteiger partial charge on any atom is 0.157 e. The van der Waals surface area contributed by atoms with Crippen LogP contribution in [-0.4, -0.2) is 47.0 Å². The van der Waals surface area contributed by atoms with E-state index in [0.717, 1.165) is 16.7 Å². The standard InChI is InChI=1S/C26H30O5/c1-20(28)24(31-25(29)17-18-27)19-30-26(21-11-5-2-6-12-21,22-13-7-3-8-14-22)23-15-9-4-10-16-23/h2-16,20,24-25,27-29H,17-19H2,1H3/t20-,24?,25?/m0/s1. The van der Waals surface area contributed by atoms with Crippen LogP contribution < -0.4 is 0 Å². The zero-order valence-electron chi connectivity index (χ0n) is 17.7. The highest BCUT2D eigenvalue weighted by Gasteiger charge is 2.38. The molecule has 164 valence electrons. The Morgan fingerprint density at radius 3 is 1.52 bits per heavy atom. The van der Waals surface area contributed by atoms with Gasteiger partial charge in [-0.2, -0.15) is 0 Å². The van der Waals surface area contributed by atoms with Crippen LogP contribution in [0.25, 0.3) is 0 Å². The Morgan fingerprint density at radius 2 is 1.16 bits per heavy atom. The molecule has 0 fully saturated rings. The Bertz CT molecular complexity index is 787. The van der Waals surface area contributed by atoms with Crippen LogP contribution in [0.3, 0.4) is 0 Å². The summed E-state index contributed by atoms with van der Waals surface area (Å²) in [6.45, 7) is 1.41. The zero-order valence-corrected chi connectivity index (χ0v) is 17.7. The Balaban J connectivity index is 2.05. The van der Waals surface area contributed by atoms with Crippen molar-refractivity contribution < 1.29 is 24.8 Å². The molecule has 0 bridgehead atoms. The quantitative estimate of drug-likeness (QED) is 0.326. The monoisotopic (exact) mass is 422 g/mol. The van der Waals surface area contributed by atoms with Gasteiger partial charge in [0.1, 0.15) is 11.7 Å². The number of benzene rings is 3. The highest BCUT2D eigenvalue weighted by molar-refractivity contribution is 5.47. The van der Waals surface area contributed by atoms with Gasteiger partial charge in [-0.3, -0.25) is 0 Å². The topological polar surface area (TPSA) is 79.2 Å². The molecule has 0 amide bonds. The molecule has 3 N–H and O–H groups in total. The van der Waals surface area contributed by atoms with Crippen LogP contribution in [0.4, 0.5) is 0 Å². The number of rotatable bonds is 11. The average molecular weight is 423 g/mol. The van der Waals surface area contributed by atoms with Gasteiger partial charge in [-0.15, -0.1) is 0 Å². The second kappa shape index (κ2) is 11.2. The van der Waals surface area contributed by atoms with Gasteiger partial charge in [-0.25, -0.2) is 0 Å². The molecule has 0 aliphatic carbocycles. The van der Waals surface area contributed by atoms with Crippen LogP contribution in [0.5, 0.6) is 0 Å². The molecule has 0 saturated carbocycles. The summed E-state index contributed by atoms with van der Waals surface area (Å²) in [4.78, 5) is 0. The van der Waals surface area contributed by atoms with E-state index in [1.54, 1.807) is 6.92 Å². The van der Waals surface area contributed by atoms with Gasteiger partial charge in [0.25, 0.3) is 0 Å². The van der Waals surface area contributed by atoms with E-state index in [2.05, 4.69) is 0 Å². The van der Waals surface area contributed by atoms with Gasteiger partial charge in [0.05, 0.1) is 12.7 Å². The molecule has 0 radical (unpaired) electrons. The lowest BCUT2D eigenvalue weighted by molar-refractivity contribution is -0.192. The van der Waals surface area contributed by atoms with Gasteiger partial charge < -0.3 is 24.8 Å². The molecular formula is C26H30O5. The molecule has 0 saturated heterocycles. The first-order valence-electron chi connectivity index (χ1n) is 10.5. The van der Waals surface area contributed by atoms with Gasteiger partial charge in [-0.05, 0) is 23.6 Å². The second-order valence-electron chi connectivity index (χ2n) is 7.47. The maximum atomic E-state index is 10.3. The van der Waals surface area contributed by atoms with Crippen LogP contribution in [0.2, 0.25) is 0 Å². The van der Waals surface area contributed by atoms with Crippen LogP contribution in [0.15, 0.2) is 91.0 Å². The minimum Gasteiger partial charge on any atom is -0.396 e. The molecular weight excluding hydrogens is 392 g/mol. The highest BCUT2D eigenvalue weighted by Crippen LogP contribution is 2.40. The molecule has 0 aliphatic rings. The summed E-state index contributed by atoms with van der Waals surface area (Å²) in [5.74, 6) is 0. The van der Waals surface area contributed by atoms with Crippen molar-refractivity contribution in [3.8, 4) is 0 Å². The fourth-order valence-electron chi connectivity index (χ4n) is 3.65. The molecule has 3 rings (SSSR count). The second-order valence-corrected chi connectivity index (χ2v) is 7.47. The summed E-state index contributed by atoms with van der Waals surface area (Å²) in [5, 5.41) is 29.3. The van der Waals surface area contributed by atoms with Crippen molar-refractivity contribution in [2.45, 2.75) is 37.4 Å². The molecule has 0 spiro atoms. The average Bonchev–Trinajstić information content (AvgIpc) is 2.81. The fraction of sp³-hybridized carbons (Fsp3) is 0.308.